The van der Waals surface area contributed by atoms with Crippen molar-refractivity contribution in [3.05, 3.63) is 0 Å². The summed E-state index contributed by atoms with van der Waals surface area (Å²) in [5, 5.41) is 0. The molecular formula is C10H23N3O. The SMILES string of the molecule is COC(CN)CN1CCC(N(C)C)C1. The lowest BCUT2D eigenvalue weighted by molar-refractivity contribution is 0.0756. The molecule has 0 spiro atoms. The first kappa shape index (κ1) is 11.9. The molecule has 2 atom stereocenters. The van der Waals surface area contributed by atoms with Crippen molar-refractivity contribution in [2.24, 2.45) is 5.73 Å². The molecule has 0 aromatic carbocycles. The Hall–Kier alpha value is -0.160. The van der Waals surface area contributed by atoms with E-state index in [1.165, 1.54) is 13.0 Å². The van der Waals surface area contributed by atoms with Gasteiger partial charge in [0.25, 0.3) is 0 Å². The second-order valence-corrected chi connectivity index (χ2v) is 4.26. The molecular weight excluding hydrogens is 178 g/mol. The van der Waals surface area contributed by atoms with E-state index in [0.717, 1.165) is 13.1 Å². The highest BCUT2D eigenvalue weighted by Crippen LogP contribution is 2.13. The Labute approximate surface area is 87.0 Å². The van der Waals surface area contributed by atoms with E-state index in [9.17, 15) is 0 Å². The second kappa shape index (κ2) is 5.66. The molecule has 1 fully saturated rings. The molecule has 0 aliphatic carbocycles. The normalized spacial score (nSPS) is 25.9. The minimum Gasteiger partial charge on any atom is -0.379 e. The first-order valence-corrected chi connectivity index (χ1v) is 5.29. The average molecular weight is 201 g/mol. The predicted molar refractivity (Wildman–Crippen MR) is 58.4 cm³/mol. The van der Waals surface area contributed by atoms with E-state index >= 15 is 0 Å². The Morgan fingerprint density at radius 3 is 2.71 bits per heavy atom. The van der Waals surface area contributed by atoms with Crippen LogP contribution in [0.15, 0.2) is 0 Å². The molecule has 0 radical (unpaired) electrons. The van der Waals surface area contributed by atoms with Crippen molar-refractivity contribution < 1.29 is 4.74 Å². The summed E-state index contributed by atoms with van der Waals surface area (Å²) in [6.07, 6.45) is 1.45. The van der Waals surface area contributed by atoms with Crippen LogP contribution in [0.3, 0.4) is 0 Å². The molecule has 1 saturated heterocycles. The van der Waals surface area contributed by atoms with Crippen molar-refractivity contribution in [1.82, 2.24) is 9.80 Å². The molecule has 1 aliphatic rings. The maximum Gasteiger partial charge on any atom is 0.0820 e. The van der Waals surface area contributed by atoms with Gasteiger partial charge in [0.1, 0.15) is 0 Å². The van der Waals surface area contributed by atoms with Crippen LogP contribution in [0.5, 0.6) is 0 Å². The van der Waals surface area contributed by atoms with Crippen LogP contribution >= 0.6 is 0 Å². The maximum absolute atomic E-state index is 5.59. The molecule has 0 amide bonds. The Balaban J connectivity index is 2.28. The highest BCUT2D eigenvalue weighted by Gasteiger charge is 2.25. The lowest BCUT2D eigenvalue weighted by Crippen LogP contribution is -2.38. The highest BCUT2D eigenvalue weighted by atomic mass is 16.5. The van der Waals surface area contributed by atoms with Crippen LogP contribution < -0.4 is 5.73 Å². The molecule has 0 aromatic rings. The summed E-state index contributed by atoms with van der Waals surface area (Å²) < 4.78 is 5.28. The molecule has 2 N–H and O–H groups in total. The van der Waals surface area contributed by atoms with E-state index < -0.39 is 0 Å². The van der Waals surface area contributed by atoms with Crippen molar-refractivity contribution in [1.29, 1.82) is 0 Å². The Bertz CT molecular complexity index is 159. The molecule has 1 heterocycles. The monoisotopic (exact) mass is 201 g/mol. The van der Waals surface area contributed by atoms with Gasteiger partial charge in [-0.2, -0.15) is 0 Å². The third-order valence-corrected chi connectivity index (χ3v) is 3.04. The number of hydrogen-bond acceptors (Lipinski definition) is 4. The minimum absolute atomic E-state index is 0.191. The van der Waals surface area contributed by atoms with Crippen LogP contribution in [0, 0.1) is 0 Å². The fraction of sp³-hybridized carbons (Fsp3) is 1.00. The minimum atomic E-state index is 0.191. The highest BCUT2D eigenvalue weighted by molar-refractivity contribution is 4.82. The van der Waals surface area contributed by atoms with E-state index in [1.807, 2.05) is 0 Å². The smallest absolute Gasteiger partial charge is 0.0820 e. The Morgan fingerprint density at radius 1 is 1.57 bits per heavy atom. The molecule has 14 heavy (non-hydrogen) atoms. The molecule has 0 aromatic heterocycles. The number of likely N-dealkylation sites (tertiary alicyclic amines) is 1. The standard InChI is InChI=1S/C10H23N3O/c1-12(2)9-4-5-13(7-9)8-10(6-11)14-3/h9-10H,4-8,11H2,1-3H3. The van der Waals surface area contributed by atoms with E-state index in [0.29, 0.717) is 12.6 Å². The lowest BCUT2D eigenvalue weighted by Gasteiger charge is -2.23. The lowest BCUT2D eigenvalue weighted by atomic mass is 10.2. The predicted octanol–water partition coefficient (Wildman–Crippen LogP) is -0.404. The van der Waals surface area contributed by atoms with Crippen LogP contribution in [0.25, 0.3) is 0 Å². The molecule has 4 heteroatoms. The molecule has 0 saturated carbocycles. The number of nitrogens with zero attached hydrogens (tertiary/aromatic N) is 2. The summed E-state index contributed by atoms with van der Waals surface area (Å²) in [6, 6.07) is 0.699. The first-order chi connectivity index (χ1) is 6.67. The zero-order valence-electron chi connectivity index (χ0n) is 9.57. The summed E-state index contributed by atoms with van der Waals surface area (Å²) in [7, 11) is 6.02. The zero-order valence-corrected chi connectivity index (χ0v) is 9.57. The van der Waals surface area contributed by atoms with Gasteiger partial charge in [-0.15, -0.1) is 0 Å². The number of hydrogen-bond donors (Lipinski definition) is 1. The number of likely N-dealkylation sites (N-methyl/N-ethyl adjacent to an activating group) is 1. The topological polar surface area (TPSA) is 41.7 Å². The van der Waals surface area contributed by atoms with Gasteiger partial charge in [-0.05, 0) is 27.1 Å². The molecule has 2 unspecified atom stereocenters. The van der Waals surface area contributed by atoms with Crippen molar-refractivity contribution in [2.75, 3.05) is 47.4 Å². The summed E-state index contributed by atoms with van der Waals surface area (Å²) in [4.78, 5) is 4.73. The van der Waals surface area contributed by atoms with Crippen molar-refractivity contribution >= 4 is 0 Å². The van der Waals surface area contributed by atoms with Crippen LogP contribution in [-0.2, 0) is 4.74 Å². The van der Waals surface area contributed by atoms with E-state index in [1.54, 1.807) is 7.11 Å². The largest absolute Gasteiger partial charge is 0.379 e. The number of rotatable bonds is 5. The third kappa shape index (κ3) is 3.20. The third-order valence-electron chi connectivity index (χ3n) is 3.04. The van der Waals surface area contributed by atoms with Gasteiger partial charge in [0, 0.05) is 32.8 Å². The van der Waals surface area contributed by atoms with Crippen molar-refractivity contribution in [3.8, 4) is 0 Å². The number of methoxy groups -OCH3 is 1. The van der Waals surface area contributed by atoms with Crippen molar-refractivity contribution in [2.45, 2.75) is 18.6 Å². The van der Waals surface area contributed by atoms with Crippen LogP contribution in [-0.4, -0.2) is 69.3 Å². The first-order valence-electron chi connectivity index (χ1n) is 5.29. The fourth-order valence-electron chi connectivity index (χ4n) is 1.93. The van der Waals surface area contributed by atoms with Gasteiger partial charge in [0.2, 0.25) is 0 Å². The number of ether oxygens (including phenoxy) is 1. The molecule has 1 rings (SSSR count). The molecule has 1 aliphatic heterocycles. The zero-order chi connectivity index (χ0) is 10.6. The fourth-order valence-corrected chi connectivity index (χ4v) is 1.93. The van der Waals surface area contributed by atoms with Gasteiger partial charge >= 0.3 is 0 Å². The van der Waals surface area contributed by atoms with Crippen LogP contribution in [0.1, 0.15) is 6.42 Å². The van der Waals surface area contributed by atoms with Gasteiger partial charge in [-0.1, -0.05) is 0 Å². The summed E-state index contributed by atoms with van der Waals surface area (Å²) in [5.74, 6) is 0. The van der Waals surface area contributed by atoms with Gasteiger partial charge < -0.3 is 15.4 Å². The summed E-state index contributed by atoms with van der Waals surface area (Å²) in [5.41, 5.74) is 5.59. The van der Waals surface area contributed by atoms with E-state index in [4.69, 9.17) is 10.5 Å². The Kier molecular flexibility index (Phi) is 4.81. The maximum atomic E-state index is 5.59. The van der Waals surface area contributed by atoms with E-state index in [-0.39, 0.29) is 6.10 Å². The van der Waals surface area contributed by atoms with E-state index in [2.05, 4.69) is 23.9 Å². The summed E-state index contributed by atoms with van der Waals surface area (Å²) in [6.45, 7) is 3.90. The molecule has 0 bridgehead atoms. The van der Waals surface area contributed by atoms with Crippen molar-refractivity contribution in [3.63, 3.8) is 0 Å². The Morgan fingerprint density at radius 2 is 2.29 bits per heavy atom. The van der Waals surface area contributed by atoms with Gasteiger partial charge in [-0.25, -0.2) is 0 Å². The van der Waals surface area contributed by atoms with Crippen LogP contribution in [0.2, 0.25) is 0 Å². The molecule has 4 nitrogen and oxygen atoms in total. The van der Waals surface area contributed by atoms with Gasteiger partial charge in [0.15, 0.2) is 0 Å². The second-order valence-electron chi connectivity index (χ2n) is 4.26. The number of nitrogens with two attached hydrogens (primary N) is 1. The van der Waals surface area contributed by atoms with Crippen LogP contribution in [0.4, 0.5) is 0 Å². The summed E-state index contributed by atoms with van der Waals surface area (Å²) >= 11 is 0. The van der Waals surface area contributed by atoms with Gasteiger partial charge in [0.05, 0.1) is 6.10 Å². The van der Waals surface area contributed by atoms with Gasteiger partial charge in [-0.3, -0.25) is 4.90 Å². The quantitative estimate of drug-likeness (QED) is 0.657. The average Bonchev–Trinajstić information content (AvgIpc) is 2.62. The molecule has 84 valence electrons.